The van der Waals surface area contributed by atoms with E-state index in [0.717, 1.165) is 49.0 Å². The van der Waals surface area contributed by atoms with Crippen molar-refractivity contribution in [2.75, 3.05) is 38.2 Å². The number of hydrogen-bond donors (Lipinski definition) is 1. The minimum absolute atomic E-state index is 0.167. The van der Waals surface area contributed by atoms with E-state index in [4.69, 9.17) is 9.47 Å². The molecule has 0 saturated carbocycles. The van der Waals surface area contributed by atoms with E-state index < -0.39 is 0 Å². The summed E-state index contributed by atoms with van der Waals surface area (Å²) in [5.74, 6) is 2.52. The molecule has 2 aromatic carbocycles. The van der Waals surface area contributed by atoms with Crippen LogP contribution in [0.2, 0.25) is 0 Å². The summed E-state index contributed by atoms with van der Waals surface area (Å²) in [7, 11) is 0. The lowest BCUT2D eigenvalue weighted by molar-refractivity contribution is -0.130. The van der Waals surface area contributed by atoms with E-state index in [1.807, 2.05) is 59.5 Å². The van der Waals surface area contributed by atoms with Gasteiger partial charge >= 0.3 is 0 Å². The van der Waals surface area contributed by atoms with E-state index in [2.05, 4.69) is 12.2 Å². The Bertz CT molecular complexity index is 695. The van der Waals surface area contributed by atoms with Gasteiger partial charge in [-0.1, -0.05) is 25.1 Å². The molecular formula is C22H28N2O3. The molecule has 1 N–H and O–H groups in total. The molecule has 0 aliphatic carbocycles. The van der Waals surface area contributed by atoms with Crippen molar-refractivity contribution in [3.63, 3.8) is 0 Å². The first kappa shape index (κ1) is 19.1. The molecule has 0 atom stereocenters. The van der Waals surface area contributed by atoms with Gasteiger partial charge in [-0.05, 0) is 55.2 Å². The molecule has 0 spiro atoms. The Balaban J connectivity index is 1.35. The largest absolute Gasteiger partial charge is 0.490 e. The number of piperidine rings is 1. The third-order valence-electron chi connectivity index (χ3n) is 4.80. The predicted octanol–water partition coefficient (Wildman–Crippen LogP) is 3.81. The minimum Gasteiger partial charge on any atom is -0.490 e. The fraction of sp³-hybridized carbons (Fsp3) is 0.409. The van der Waals surface area contributed by atoms with Gasteiger partial charge in [-0.3, -0.25) is 4.79 Å². The van der Waals surface area contributed by atoms with Gasteiger partial charge < -0.3 is 19.7 Å². The predicted molar refractivity (Wildman–Crippen MR) is 107 cm³/mol. The first-order valence-corrected chi connectivity index (χ1v) is 9.63. The van der Waals surface area contributed by atoms with E-state index in [1.165, 1.54) is 0 Å². The second kappa shape index (κ2) is 9.86. The van der Waals surface area contributed by atoms with Gasteiger partial charge in [0, 0.05) is 18.8 Å². The van der Waals surface area contributed by atoms with Gasteiger partial charge in [-0.2, -0.15) is 0 Å². The zero-order chi connectivity index (χ0) is 18.9. The Morgan fingerprint density at radius 1 is 0.963 bits per heavy atom. The lowest BCUT2D eigenvalue weighted by Gasteiger charge is -2.30. The maximum absolute atomic E-state index is 12.3. The molecule has 0 unspecified atom stereocenters. The Labute approximate surface area is 161 Å². The van der Waals surface area contributed by atoms with Crippen molar-refractivity contribution in [1.29, 1.82) is 0 Å². The van der Waals surface area contributed by atoms with Crippen molar-refractivity contribution < 1.29 is 14.3 Å². The van der Waals surface area contributed by atoms with E-state index in [-0.39, 0.29) is 5.91 Å². The van der Waals surface area contributed by atoms with Crippen LogP contribution in [-0.4, -0.2) is 43.7 Å². The third-order valence-corrected chi connectivity index (χ3v) is 4.80. The molecule has 1 fully saturated rings. The van der Waals surface area contributed by atoms with Gasteiger partial charge in [0.05, 0.1) is 6.54 Å². The summed E-state index contributed by atoms with van der Waals surface area (Å²) in [6.07, 6.45) is 2.21. The van der Waals surface area contributed by atoms with Crippen LogP contribution in [0.4, 0.5) is 5.69 Å². The number of benzene rings is 2. The maximum Gasteiger partial charge on any atom is 0.241 e. The normalized spacial score (nSPS) is 14.6. The van der Waals surface area contributed by atoms with Gasteiger partial charge in [0.25, 0.3) is 0 Å². The van der Waals surface area contributed by atoms with Crippen LogP contribution >= 0.6 is 0 Å². The molecule has 0 aromatic heterocycles. The van der Waals surface area contributed by atoms with Gasteiger partial charge in [0.15, 0.2) is 0 Å². The molecule has 2 aromatic rings. The highest BCUT2D eigenvalue weighted by Gasteiger charge is 2.19. The lowest BCUT2D eigenvalue weighted by atomic mass is 9.99. The second-order valence-corrected chi connectivity index (χ2v) is 6.95. The topological polar surface area (TPSA) is 50.8 Å². The molecule has 27 heavy (non-hydrogen) atoms. The van der Waals surface area contributed by atoms with Crippen molar-refractivity contribution in [2.45, 2.75) is 19.8 Å². The molecule has 1 saturated heterocycles. The number of hydrogen-bond acceptors (Lipinski definition) is 4. The standard InChI is InChI=1S/C22H28N2O3/c1-18-11-13-24(14-12-18)22(25)17-23-19-7-9-21(10-8-19)27-16-15-26-20-5-3-2-4-6-20/h2-10,18,23H,11-17H2,1H3. The SMILES string of the molecule is CC1CCN(C(=O)CNc2ccc(OCCOc3ccccc3)cc2)CC1. The summed E-state index contributed by atoms with van der Waals surface area (Å²) in [6.45, 7) is 5.30. The molecule has 1 heterocycles. The maximum atomic E-state index is 12.3. The molecule has 1 aliphatic rings. The van der Waals surface area contributed by atoms with Crippen LogP contribution in [0, 0.1) is 5.92 Å². The molecule has 5 nitrogen and oxygen atoms in total. The Morgan fingerprint density at radius 3 is 2.19 bits per heavy atom. The van der Waals surface area contributed by atoms with Crippen molar-refractivity contribution in [1.82, 2.24) is 4.90 Å². The smallest absolute Gasteiger partial charge is 0.241 e. The fourth-order valence-corrected chi connectivity index (χ4v) is 3.05. The molecular weight excluding hydrogens is 340 g/mol. The van der Waals surface area contributed by atoms with E-state index >= 15 is 0 Å². The molecule has 1 amide bonds. The van der Waals surface area contributed by atoms with Crippen molar-refractivity contribution in [3.05, 3.63) is 54.6 Å². The van der Waals surface area contributed by atoms with Gasteiger partial charge in [-0.15, -0.1) is 0 Å². The van der Waals surface area contributed by atoms with E-state index in [9.17, 15) is 4.79 Å². The summed E-state index contributed by atoms with van der Waals surface area (Å²) in [5, 5.41) is 3.20. The van der Waals surface area contributed by atoms with E-state index in [1.54, 1.807) is 0 Å². The zero-order valence-electron chi connectivity index (χ0n) is 15.9. The van der Waals surface area contributed by atoms with Crippen LogP contribution in [0.1, 0.15) is 19.8 Å². The van der Waals surface area contributed by atoms with Crippen LogP contribution in [0.5, 0.6) is 11.5 Å². The van der Waals surface area contributed by atoms with Crippen LogP contribution in [0.15, 0.2) is 54.6 Å². The molecule has 3 rings (SSSR count). The van der Waals surface area contributed by atoms with Crippen LogP contribution in [-0.2, 0) is 4.79 Å². The van der Waals surface area contributed by atoms with Crippen molar-refractivity contribution in [3.8, 4) is 11.5 Å². The molecule has 144 valence electrons. The third kappa shape index (κ3) is 6.20. The summed E-state index contributed by atoms with van der Waals surface area (Å²) in [5.41, 5.74) is 0.918. The van der Waals surface area contributed by atoms with Gasteiger partial charge in [-0.25, -0.2) is 0 Å². The monoisotopic (exact) mass is 368 g/mol. The summed E-state index contributed by atoms with van der Waals surface area (Å²) >= 11 is 0. The fourth-order valence-electron chi connectivity index (χ4n) is 3.05. The van der Waals surface area contributed by atoms with Crippen LogP contribution in [0.25, 0.3) is 0 Å². The number of nitrogens with one attached hydrogen (secondary N) is 1. The van der Waals surface area contributed by atoms with Crippen LogP contribution < -0.4 is 14.8 Å². The lowest BCUT2D eigenvalue weighted by Crippen LogP contribution is -2.40. The Morgan fingerprint density at radius 2 is 1.56 bits per heavy atom. The Kier molecular flexibility index (Phi) is 6.97. The molecule has 0 bridgehead atoms. The summed E-state index contributed by atoms with van der Waals surface area (Å²) in [6, 6.07) is 17.3. The van der Waals surface area contributed by atoms with Crippen molar-refractivity contribution in [2.24, 2.45) is 5.92 Å². The number of para-hydroxylation sites is 1. The molecule has 5 heteroatoms. The highest BCUT2D eigenvalue weighted by Crippen LogP contribution is 2.18. The number of carbonyl (C=O) groups excluding carboxylic acids is 1. The zero-order valence-corrected chi connectivity index (χ0v) is 15.9. The number of ether oxygens (including phenoxy) is 2. The Hall–Kier alpha value is -2.69. The van der Waals surface area contributed by atoms with Crippen LogP contribution in [0.3, 0.4) is 0 Å². The minimum atomic E-state index is 0.167. The van der Waals surface area contributed by atoms with Gasteiger partial charge in [0.1, 0.15) is 24.7 Å². The van der Waals surface area contributed by atoms with E-state index in [0.29, 0.717) is 19.8 Å². The number of likely N-dealkylation sites (tertiary alicyclic amines) is 1. The first-order chi connectivity index (χ1) is 13.2. The highest BCUT2D eigenvalue weighted by molar-refractivity contribution is 5.81. The quantitative estimate of drug-likeness (QED) is 0.720. The first-order valence-electron chi connectivity index (χ1n) is 9.63. The highest BCUT2D eigenvalue weighted by atomic mass is 16.5. The van der Waals surface area contributed by atoms with Gasteiger partial charge in [0.2, 0.25) is 5.91 Å². The number of carbonyl (C=O) groups is 1. The second-order valence-electron chi connectivity index (χ2n) is 6.95. The number of anilines is 1. The number of rotatable bonds is 8. The van der Waals surface area contributed by atoms with Crippen molar-refractivity contribution >= 4 is 11.6 Å². The number of amides is 1. The average Bonchev–Trinajstić information content (AvgIpc) is 2.71. The summed E-state index contributed by atoms with van der Waals surface area (Å²) < 4.78 is 11.3. The molecule has 1 aliphatic heterocycles. The molecule has 0 radical (unpaired) electrons. The average molecular weight is 368 g/mol. The number of nitrogens with zero attached hydrogens (tertiary/aromatic N) is 1. The summed E-state index contributed by atoms with van der Waals surface area (Å²) in [4.78, 5) is 14.2.